The molecule has 2 aromatic rings. The van der Waals surface area contributed by atoms with Crippen molar-refractivity contribution >= 4 is 10.0 Å². The Bertz CT molecular complexity index is 754. The molecule has 0 spiro atoms. The normalized spacial score (nSPS) is 14.9. The molecule has 0 amide bonds. The first-order valence-electron chi connectivity index (χ1n) is 8.46. The maximum Gasteiger partial charge on any atom is 0.243 e. The van der Waals surface area contributed by atoms with Crippen LogP contribution >= 0.6 is 0 Å². The first kappa shape index (κ1) is 17.1. The fourth-order valence-electron chi connectivity index (χ4n) is 2.63. The molecule has 0 radical (unpaired) electrons. The van der Waals surface area contributed by atoms with Crippen LogP contribution in [0.15, 0.2) is 59.5 Å². The van der Waals surface area contributed by atoms with Gasteiger partial charge in [-0.05, 0) is 36.1 Å². The minimum atomic E-state index is -3.47. The van der Waals surface area contributed by atoms with Crippen molar-refractivity contribution in [3.8, 4) is 0 Å². The first-order valence-corrected chi connectivity index (χ1v) is 9.90. The number of hydrogen-bond acceptors (Lipinski definition) is 3. The van der Waals surface area contributed by atoms with E-state index in [1.54, 1.807) is 12.1 Å². The van der Waals surface area contributed by atoms with Gasteiger partial charge in [-0.3, -0.25) is 0 Å². The Balaban J connectivity index is 1.72. The smallest absolute Gasteiger partial charge is 0.243 e. The average molecular weight is 344 g/mol. The van der Waals surface area contributed by atoms with E-state index >= 15 is 0 Å². The predicted molar refractivity (Wildman–Crippen MR) is 96.0 cm³/mol. The summed E-state index contributed by atoms with van der Waals surface area (Å²) in [5.74, 6) is 0. The monoisotopic (exact) mass is 344 g/mol. The van der Waals surface area contributed by atoms with Gasteiger partial charge in [-0.25, -0.2) is 8.42 Å². The van der Waals surface area contributed by atoms with Crippen molar-refractivity contribution in [3.05, 3.63) is 65.7 Å². The molecular weight excluding hydrogens is 320 g/mol. The van der Waals surface area contributed by atoms with E-state index in [9.17, 15) is 8.42 Å². The first-order chi connectivity index (χ1) is 11.6. The second-order valence-electron chi connectivity index (χ2n) is 6.22. The molecule has 1 N–H and O–H groups in total. The van der Waals surface area contributed by atoms with Crippen LogP contribution in [0.2, 0.25) is 0 Å². The molecule has 4 nitrogen and oxygen atoms in total. The summed E-state index contributed by atoms with van der Waals surface area (Å²) >= 11 is 0. The van der Waals surface area contributed by atoms with Crippen LogP contribution in [0.1, 0.15) is 30.9 Å². The van der Waals surface area contributed by atoms with Crippen LogP contribution in [0.4, 0.5) is 0 Å². The van der Waals surface area contributed by atoms with Crippen LogP contribution in [0, 0.1) is 0 Å². The predicted octanol–water partition coefficient (Wildman–Crippen LogP) is 3.15. The van der Waals surface area contributed by atoms with Crippen molar-refractivity contribution in [2.24, 2.45) is 0 Å². The standard InChI is InChI=1S/C19H24N2O2S/c1-2-21(15-17-6-4-3-5-7-17)24(22,23)19-12-8-16(9-13-19)14-20-18-10-11-18/h3-9,12-13,18,20H,2,10-11,14-15H2,1H3. The summed E-state index contributed by atoms with van der Waals surface area (Å²) in [7, 11) is -3.47. The molecule has 1 aliphatic rings. The van der Waals surface area contributed by atoms with E-state index in [2.05, 4.69) is 5.32 Å². The lowest BCUT2D eigenvalue weighted by Gasteiger charge is -2.21. The zero-order valence-corrected chi connectivity index (χ0v) is 14.8. The summed E-state index contributed by atoms with van der Waals surface area (Å²) in [5, 5.41) is 3.44. The molecule has 0 heterocycles. The number of sulfonamides is 1. The van der Waals surface area contributed by atoms with Crippen LogP contribution in [-0.4, -0.2) is 25.3 Å². The van der Waals surface area contributed by atoms with Gasteiger partial charge in [-0.1, -0.05) is 49.4 Å². The molecule has 0 bridgehead atoms. The highest BCUT2D eigenvalue weighted by Gasteiger charge is 2.23. The minimum Gasteiger partial charge on any atom is -0.310 e. The van der Waals surface area contributed by atoms with Gasteiger partial charge >= 0.3 is 0 Å². The molecule has 5 heteroatoms. The SMILES string of the molecule is CCN(Cc1ccccc1)S(=O)(=O)c1ccc(CNC2CC2)cc1. The van der Waals surface area contributed by atoms with Crippen molar-refractivity contribution in [1.29, 1.82) is 0 Å². The van der Waals surface area contributed by atoms with E-state index in [4.69, 9.17) is 0 Å². The molecule has 128 valence electrons. The average Bonchev–Trinajstić information content (AvgIpc) is 3.43. The maximum absolute atomic E-state index is 12.9. The molecule has 0 unspecified atom stereocenters. The van der Waals surface area contributed by atoms with E-state index in [1.807, 2.05) is 49.4 Å². The lowest BCUT2D eigenvalue weighted by Crippen LogP contribution is -2.30. The van der Waals surface area contributed by atoms with E-state index in [0.717, 1.165) is 17.7 Å². The Morgan fingerprint density at radius 1 is 1.00 bits per heavy atom. The Morgan fingerprint density at radius 2 is 1.67 bits per heavy atom. The van der Waals surface area contributed by atoms with Gasteiger partial charge in [0.2, 0.25) is 10.0 Å². The van der Waals surface area contributed by atoms with Crippen LogP contribution in [-0.2, 0) is 23.1 Å². The number of benzene rings is 2. The zero-order chi connectivity index (χ0) is 17.0. The third-order valence-corrected chi connectivity index (χ3v) is 6.22. The maximum atomic E-state index is 12.9. The van der Waals surface area contributed by atoms with Crippen molar-refractivity contribution in [3.63, 3.8) is 0 Å². The van der Waals surface area contributed by atoms with Crippen molar-refractivity contribution in [1.82, 2.24) is 9.62 Å². The van der Waals surface area contributed by atoms with Gasteiger partial charge in [-0.15, -0.1) is 0 Å². The van der Waals surface area contributed by atoms with Gasteiger partial charge in [0.05, 0.1) is 4.90 Å². The fourth-order valence-corrected chi connectivity index (χ4v) is 4.07. The Kier molecular flexibility index (Phi) is 5.33. The third-order valence-electron chi connectivity index (χ3n) is 4.29. The molecule has 0 aromatic heterocycles. The second kappa shape index (κ2) is 7.47. The summed E-state index contributed by atoms with van der Waals surface area (Å²) < 4.78 is 27.2. The molecule has 3 rings (SSSR count). The fraction of sp³-hybridized carbons (Fsp3) is 0.368. The highest BCUT2D eigenvalue weighted by molar-refractivity contribution is 7.89. The van der Waals surface area contributed by atoms with Gasteiger partial charge in [0.15, 0.2) is 0 Å². The number of nitrogens with zero attached hydrogens (tertiary/aromatic N) is 1. The number of rotatable bonds is 8. The van der Waals surface area contributed by atoms with Crippen LogP contribution < -0.4 is 5.32 Å². The molecular formula is C19H24N2O2S. The molecule has 0 saturated heterocycles. The summed E-state index contributed by atoms with van der Waals surface area (Å²) in [6.45, 7) is 3.51. The molecule has 0 atom stereocenters. The summed E-state index contributed by atoms with van der Waals surface area (Å²) in [6.07, 6.45) is 2.49. The van der Waals surface area contributed by atoms with Crippen molar-refractivity contribution < 1.29 is 8.42 Å². The molecule has 2 aromatic carbocycles. The topological polar surface area (TPSA) is 49.4 Å². The van der Waals surface area contributed by atoms with Gasteiger partial charge in [0, 0.05) is 25.7 Å². The van der Waals surface area contributed by atoms with E-state index in [-0.39, 0.29) is 0 Å². The Hall–Kier alpha value is -1.69. The quantitative estimate of drug-likeness (QED) is 0.800. The summed E-state index contributed by atoms with van der Waals surface area (Å²) in [5.41, 5.74) is 2.11. The lowest BCUT2D eigenvalue weighted by molar-refractivity contribution is 0.423. The van der Waals surface area contributed by atoms with Crippen LogP contribution in [0.3, 0.4) is 0 Å². The van der Waals surface area contributed by atoms with Crippen molar-refractivity contribution in [2.75, 3.05) is 6.54 Å². The van der Waals surface area contributed by atoms with Gasteiger partial charge in [-0.2, -0.15) is 4.31 Å². The van der Waals surface area contributed by atoms with Crippen molar-refractivity contribution in [2.45, 2.75) is 43.8 Å². The minimum absolute atomic E-state index is 0.357. The van der Waals surface area contributed by atoms with Crippen LogP contribution in [0.5, 0.6) is 0 Å². The third kappa shape index (κ3) is 4.23. The molecule has 1 saturated carbocycles. The summed E-state index contributed by atoms with van der Waals surface area (Å²) in [4.78, 5) is 0.357. The highest BCUT2D eigenvalue weighted by atomic mass is 32.2. The zero-order valence-electron chi connectivity index (χ0n) is 14.0. The van der Waals surface area contributed by atoms with Crippen LogP contribution in [0.25, 0.3) is 0 Å². The van der Waals surface area contributed by atoms with Gasteiger partial charge < -0.3 is 5.32 Å². The second-order valence-corrected chi connectivity index (χ2v) is 8.15. The molecule has 0 aliphatic heterocycles. The van der Waals surface area contributed by atoms with Gasteiger partial charge in [0.1, 0.15) is 0 Å². The molecule has 1 fully saturated rings. The number of hydrogen-bond donors (Lipinski definition) is 1. The van der Waals surface area contributed by atoms with Gasteiger partial charge in [0.25, 0.3) is 0 Å². The number of nitrogens with one attached hydrogen (secondary N) is 1. The Morgan fingerprint density at radius 3 is 2.25 bits per heavy atom. The van der Waals surface area contributed by atoms with E-state index < -0.39 is 10.0 Å². The molecule has 1 aliphatic carbocycles. The largest absolute Gasteiger partial charge is 0.310 e. The van der Waals surface area contributed by atoms with E-state index in [1.165, 1.54) is 17.1 Å². The summed E-state index contributed by atoms with van der Waals surface area (Å²) in [6, 6.07) is 17.6. The molecule has 24 heavy (non-hydrogen) atoms. The highest BCUT2D eigenvalue weighted by Crippen LogP contribution is 2.21. The Labute approximate surface area is 144 Å². The lowest BCUT2D eigenvalue weighted by atomic mass is 10.2. The van der Waals surface area contributed by atoms with E-state index in [0.29, 0.717) is 24.0 Å².